The number of nitrogens with zero attached hydrogens (tertiary/aromatic N) is 1. The highest BCUT2D eigenvalue weighted by atomic mass is 79.9. The summed E-state index contributed by atoms with van der Waals surface area (Å²) in [6.07, 6.45) is 6.28. The van der Waals surface area contributed by atoms with E-state index in [9.17, 15) is 0 Å². The van der Waals surface area contributed by atoms with Crippen molar-refractivity contribution in [1.82, 2.24) is 10.2 Å². The molecule has 1 atom stereocenters. The highest BCUT2D eigenvalue weighted by Gasteiger charge is 2.20. The first-order valence-electron chi connectivity index (χ1n) is 7.07. The van der Waals surface area contributed by atoms with Gasteiger partial charge in [0, 0.05) is 16.1 Å². The molecule has 0 amide bonds. The Hall–Kier alpha value is -1.09. The Balaban J connectivity index is 1.93. The Morgan fingerprint density at radius 1 is 1.11 bits per heavy atom. The normalized spacial score (nSPS) is 16.7. The summed E-state index contributed by atoms with van der Waals surface area (Å²) in [7, 11) is 0. The van der Waals surface area contributed by atoms with Crippen LogP contribution in [0.25, 0.3) is 0 Å². The molecule has 2 nitrogen and oxygen atoms in total. The Kier molecular flexibility index (Phi) is 3.74. The predicted octanol–water partition coefficient (Wildman–Crippen LogP) is 4.59. The minimum absolute atomic E-state index is 0.367. The van der Waals surface area contributed by atoms with E-state index in [0.717, 1.165) is 10.9 Å². The van der Waals surface area contributed by atoms with E-state index in [1.54, 1.807) is 0 Å². The lowest BCUT2D eigenvalue weighted by Crippen LogP contribution is -2.01. The van der Waals surface area contributed by atoms with Crippen molar-refractivity contribution in [2.75, 3.05) is 0 Å². The minimum Gasteiger partial charge on any atom is -0.282 e. The van der Waals surface area contributed by atoms with Gasteiger partial charge in [0.05, 0.1) is 5.69 Å². The molecule has 1 aromatic heterocycles. The largest absolute Gasteiger partial charge is 0.282 e. The molecule has 0 bridgehead atoms. The molecule has 1 aliphatic rings. The number of rotatable bonds is 2. The van der Waals surface area contributed by atoms with Crippen molar-refractivity contribution in [2.45, 2.75) is 44.9 Å². The van der Waals surface area contributed by atoms with Crippen LogP contribution in [0.15, 0.2) is 28.7 Å². The second-order valence-electron chi connectivity index (χ2n) is 5.40. The molecule has 3 heteroatoms. The number of nitrogens with one attached hydrogen (secondary N) is 1. The molecular formula is C16H19BrN2. The zero-order valence-electron chi connectivity index (χ0n) is 11.2. The van der Waals surface area contributed by atoms with Crippen LogP contribution in [-0.2, 0) is 12.8 Å². The molecule has 1 heterocycles. The molecule has 0 saturated heterocycles. The van der Waals surface area contributed by atoms with Gasteiger partial charge >= 0.3 is 0 Å². The molecule has 3 rings (SSSR count). The maximum atomic E-state index is 4.60. The first kappa shape index (κ1) is 12.9. The molecule has 0 spiro atoms. The maximum absolute atomic E-state index is 4.60. The van der Waals surface area contributed by atoms with Gasteiger partial charge in [-0.15, -0.1) is 0 Å². The number of halogens is 1. The standard InChI is InChI=1S/C16H19BrN2/c1-11(12-7-9-13(17)10-8-12)16-14-5-3-2-4-6-15(14)18-19-16/h7-11H,2-6H2,1H3,(H,18,19). The minimum atomic E-state index is 0.367. The van der Waals surface area contributed by atoms with Crippen LogP contribution < -0.4 is 0 Å². The Morgan fingerprint density at radius 3 is 2.63 bits per heavy atom. The fourth-order valence-corrected chi connectivity index (χ4v) is 3.22. The van der Waals surface area contributed by atoms with Gasteiger partial charge in [0.2, 0.25) is 0 Å². The van der Waals surface area contributed by atoms with Gasteiger partial charge < -0.3 is 0 Å². The molecule has 0 radical (unpaired) electrons. The van der Waals surface area contributed by atoms with Crippen LogP contribution in [0, 0.1) is 0 Å². The zero-order valence-corrected chi connectivity index (χ0v) is 12.8. The van der Waals surface area contributed by atoms with Gasteiger partial charge in [0.25, 0.3) is 0 Å². The van der Waals surface area contributed by atoms with Crippen LogP contribution in [0.1, 0.15) is 54.6 Å². The summed E-state index contributed by atoms with van der Waals surface area (Å²) < 4.78 is 1.13. The van der Waals surface area contributed by atoms with Crippen LogP contribution in [-0.4, -0.2) is 10.2 Å². The maximum Gasteiger partial charge on any atom is 0.0728 e. The summed E-state index contributed by atoms with van der Waals surface area (Å²) in [5.41, 5.74) is 5.44. The van der Waals surface area contributed by atoms with E-state index in [-0.39, 0.29) is 0 Å². The third-order valence-electron chi connectivity index (χ3n) is 4.12. The van der Waals surface area contributed by atoms with Crippen molar-refractivity contribution in [2.24, 2.45) is 0 Å². The molecule has 100 valence electrons. The van der Waals surface area contributed by atoms with E-state index in [1.807, 2.05) is 0 Å². The zero-order chi connectivity index (χ0) is 13.2. The Morgan fingerprint density at radius 2 is 1.84 bits per heavy atom. The lowest BCUT2D eigenvalue weighted by atomic mass is 9.93. The van der Waals surface area contributed by atoms with E-state index in [4.69, 9.17) is 0 Å². The highest BCUT2D eigenvalue weighted by Crippen LogP contribution is 2.30. The fraction of sp³-hybridized carbons (Fsp3) is 0.438. The predicted molar refractivity (Wildman–Crippen MR) is 81.5 cm³/mol. The molecule has 1 N–H and O–H groups in total. The number of aromatic amines is 1. The van der Waals surface area contributed by atoms with Crippen molar-refractivity contribution >= 4 is 15.9 Å². The van der Waals surface area contributed by atoms with Gasteiger partial charge in [-0.05, 0) is 48.9 Å². The van der Waals surface area contributed by atoms with Gasteiger partial charge in [-0.3, -0.25) is 5.10 Å². The lowest BCUT2D eigenvalue weighted by molar-refractivity contribution is 0.695. The molecular weight excluding hydrogens is 300 g/mol. The van der Waals surface area contributed by atoms with E-state index >= 15 is 0 Å². The first-order chi connectivity index (χ1) is 9.25. The number of hydrogen-bond acceptors (Lipinski definition) is 1. The van der Waals surface area contributed by atoms with Crippen LogP contribution in [0.2, 0.25) is 0 Å². The second-order valence-corrected chi connectivity index (χ2v) is 6.32. The topological polar surface area (TPSA) is 28.7 Å². The average molecular weight is 319 g/mol. The summed E-state index contributed by atoms with van der Waals surface area (Å²) in [5, 5.41) is 7.87. The Bertz CT molecular complexity index is 557. The molecule has 0 saturated carbocycles. The van der Waals surface area contributed by atoms with Gasteiger partial charge in [-0.2, -0.15) is 5.10 Å². The smallest absolute Gasteiger partial charge is 0.0728 e. The van der Waals surface area contributed by atoms with Gasteiger partial charge in [-0.25, -0.2) is 0 Å². The summed E-state index contributed by atoms with van der Waals surface area (Å²) in [4.78, 5) is 0. The molecule has 1 unspecified atom stereocenters. The van der Waals surface area contributed by atoms with Crippen LogP contribution >= 0.6 is 15.9 Å². The van der Waals surface area contributed by atoms with Crippen LogP contribution in [0.4, 0.5) is 0 Å². The SMILES string of the molecule is CC(c1ccc(Br)cc1)c1n[nH]c2c1CCCCC2. The molecule has 2 aromatic rings. The molecule has 1 aliphatic carbocycles. The molecule has 1 aromatic carbocycles. The van der Waals surface area contributed by atoms with Gasteiger partial charge in [0.15, 0.2) is 0 Å². The molecule has 0 aliphatic heterocycles. The number of fused-ring (bicyclic) bond motifs is 1. The van der Waals surface area contributed by atoms with Crippen LogP contribution in [0.3, 0.4) is 0 Å². The summed E-state index contributed by atoms with van der Waals surface area (Å²) in [6, 6.07) is 8.59. The van der Waals surface area contributed by atoms with Crippen molar-refractivity contribution in [3.8, 4) is 0 Å². The number of aromatic nitrogens is 2. The van der Waals surface area contributed by atoms with E-state index < -0.39 is 0 Å². The first-order valence-corrected chi connectivity index (χ1v) is 7.86. The van der Waals surface area contributed by atoms with E-state index in [2.05, 4.69) is 57.3 Å². The summed E-state index contributed by atoms with van der Waals surface area (Å²) >= 11 is 3.49. The quantitative estimate of drug-likeness (QED) is 0.806. The number of H-pyrrole nitrogens is 1. The summed E-state index contributed by atoms with van der Waals surface area (Å²) in [6.45, 7) is 2.25. The van der Waals surface area contributed by atoms with Gasteiger partial charge in [-0.1, -0.05) is 41.4 Å². The number of benzene rings is 1. The summed E-state index contributed by atoms with van der Waals surface area (Å²) in [5.74, 6) is 0.367. The van der Waals surface area contributed by atoms with Gasteiger partial charge in [0.1, 0.15) is 0 Å². The van der Waals surface area contributed by atoms with E-state index in [0.29, 0.717) is 5.92 Å². The average Bonchev–Trinajstić information content (AvgIpc) is 2.68. The molecule has 0 fully saturated rings. The Labute approximate surface area is 122 Å². The number of aryl methyl sites for hydroxylation is 1. The van der Waals surface area contributed by atoms with E-state index in [1.165, 1.54) is 48.2 Å². The highest BCUT2D eigenvalue weighted by molar-refractivity contribution is 9.10. The van der Waals surface area contributed by atoms with Crippen molar-refractivity contribution in [3.63, 3.8) is 0 Å². The van der Waals surface area contributed by atoms with Crippen molar-refractivity contribution in [3.05, 3.63) is 51.3 Å². The van der Waals surface area contributed by atoms with Crippen LogP contribution in [0.5, 0.6) is 0 Å². The lowest BCUT2D eigenvalue weighted by Gasteiger charge is -2.12. The third kappa shape index (κ3) is 2.62. The van der Waals surface area contributed by atoms with Crippen molar-refractivity contribution < 1.29 is 0 Å². The third-order valence-corrected chi connectivity index (χ3v) is 4.65. The fourth-order valence-electron chi connectivity index (χ4n) is 2.95. The monoisotopic (exact) mass is 318 g/mol. The van der Waals surface area contributed by atoms with Crippen molar-refractivity contribution in [1.29, 1.82) is 0 Å². The number of hydrogen-bond donors (Lipinski definition) is 1. The second kappa shape index (κ2) is 5.49. The molecule has 19 heavy (non-hydrogen) atoms.